The maximum absolute atomic E-state index is 12.3. The van der Waals surface area contributed by atoms with Gasteiger partial charge in [-0.1, -0.05) is 17.7 Å². The molecule has 1 heterocycles. The summed E-state index contributed by atoms with van der Waals surface area (Å²) in [6, 6.07) is 12.8. The van der Waals surface area contributed by atoms with Gasteiger partial charge in [0, 0.05) is 11.3 Å². The van der Waals surface area contributed by atoms with Crippen LogP contribution in [0, 0.1) is 13.8 Å². The van der Waals surface area contributed by atoms with Crippen LogP contribution in [0.2, 0.25) is 0 Å². The molecule has 0 unspecified atom stereocenters. The van der Waals surface area contributed by atoms with Crippen molar-refractivity contribution in [3.63, 3.8) is 0 Å². The van der Waals surface area contributed by atoms with E-state index in [9.17, 15) is 4.79 Å². The predicted molar refractivity (Wildman–Crippen MR) is 110 cm³/mol. The summed E-state index contributed by atoms with van der Waals surface area (Å²) in [6.45, 7) is 4.03. The number of nitrogens with one attached hydrogen (secondary N) is 3. The number of benzene rings is 2. The van der Waals surface area contributed by atoms with E-state index in [1.165, 1.54) is 11.9 Å². The molecule has 0 radical (unpaired) electrons. The first-order valence-corrected chi connectivity index (χ1v) is 8.63. The molecule has 0 atom stereocenters. The SMILES string of the molecule is COc1ccc(C(=O)NNc2ncnc(Nc3ccc(C)cc3C)c2N)cc1. The second kappa shape index (κ2) is 8.26. The van der Waals surface area contributed by atoms with E-state index in [4.69, 9.17) is 10.5 Å². The lowest BCUT2D eigenvalue weighted by Gasteiger charge is -2.14. The fourth-order valence-electron chi connectivity index (χ4n) is 2.61. The molecule has 0 bridgehead atoms. The number of nitrogens with two attached hydrogens (primary N) is 1. The maximum atomic E-state index is 12.3. The second-order valence-electron chi connectivity index (χ2n) is 6.24. The van der Waals surface area contributed by atoms with E-state index in [2.05, 4.69) is 32.2 Å². The van der Waals surface area contributed by atoms with Crippen molar-refractivity contribution in [3.05, 3.63) is 65.5 Å². The minimum Gasteiger partial charge on any atom is -0.497 e. The maximum Gasteiger partial charge on any atom is 0.269 e. The number of anilines is 4. The summed E-state index contributed by atoms with van der Waals surface area (Å²) in [6.07, 6.45) is 1.37. The zero-order valence-electron chi connectivity index (χ0n) is 15.9. The lowest BCUT2D eigenvalue weighted by Crippen LogP contribution is -2.30. The average Bonchev–Trinajstić information content (AvgIpc) is 2.70. The molecule has 0 saturated carbocycles. The van der Waals surface area contributed by atoms with Gasteiger partial charge in [0.15, 0.2) is 11.6 Å². The van der Waals surface area contributed by atoms with Crippen LogP contribution in [-0.4, -0.2) is 23.0 Å². The number of hydrogen-bond donors (Lipinski definition) is 4. The molecule has 8 heteroatoms. The highest BCUT2D eigenvalue weighted by atomic mass is 16.5. The van der Waals surface area contributed by atoms with Crippen LogP contribution in [0.25, 0.3) is 0 Å². The second-order valence-corrected chi connectivity index (χ2v) is 6.24. The van der Waals surface area contributed by atoms with Gasteiger partial charge in [0.05, 0.1) is 7.11 Å². The average molecular weight is 378 g/mol. The Morgan fingerprint density at radius 1 is 1.04 bits per heavy atom. The Kier molecular flexibility index (Phi) is 5.59. The zero-order chi connectivity index (χ0) is 20.1. The Hall–Kier alpha value is -3.81. The summed E-state index contributed by atoms with van der Waals surface area (Å²) in [5, 5.41) is 3.20. The highest BCUT2D eigenvalue weighted by molar-refractivity contribution is 5.95. The number of nitrogen functional groups attached to an aromatic ring is 1. The van der Waals surface area contributed by atoms with Crippen molar-refractivity contribution in [1.82, 2.24) is 15.4 Å². The van der Waals surface area contributed by atoms with E-state index in [-0.39, 0.29) is 11.6 Å². The molecule has 1 aromatic heterocycles. The predicted octanol–water partition coefficient (Wildman–Crippen LogP) is 3.18. The molecule has 3 rings (SSSR count). The normalized spacial score (nSPS) is 10.2. The van der Waals surface area contributed by atoms with E-state index in [1.807, 2.05) is 26.0 Å². The van der Waals surface area contributed by atoms with Gasteiger partial charge >= 0.3 is 0 Å². The molecule has 2 aromatic carbocycles. The number of aromatic nitrogens is 2. The number of ether oxygens (including phenoxy) is 1. The van der Waals surface area contributed by atoms with Gasteiger partial charge in [-0.25, -0.2) is 9.97 Å². The topological polar surface area (TPSA) is 114 Å². The van der Waals surface area contributed by atoms with Gasteiger partial charge in [0.2, 0.25) is 0 Å². The Bertz CT molecular complexity index is 988. The van der Waals surface area contributed by atoms with Crippen LogP contribution in [0.5, 0.6) is 5.75 Å². The Morgan fingerprint density at radius 3 is 2.43 bits per heavy atom. The molecule has 0 aliphatic rings. The molecule has 0 saturated heterocycles. The number of rotatable bonds is 6. The van der Waals surface area contributed by atoms with E-state index in [1.54, 1.807) is 31.4 Å². The third-order valence-corrected chi connectivity index (χ3v) is 4.17. The van der Waals surface area contributed by atoms with E-state index < -0.39 is 0 Å². The summed E-state index contributed by atoms with van der Waals surface area (Å²) >= 11 is 0. The van der Waals surface area contributed by atoms with Crippen molar-refractivity contribution in [2.75, 3.05) is 23.6 Å². The van der Waals surface area contributed by atoms with Crippen LogP contribution in [0.4, 0.5) is 23.0 Å². The molecule has 0 fully saturated rings. The summed E-state index contributed by atoms with van der Waals surface area (Å²) in [4.78, 5) is 20.5. The van der Waals surface area contributed by atoms with Gasteiger partial charge in [-0.05, 0) is 49.7 Å². The standard InChI is InChI=1S/C20H22N6O2/c1-12-4-9-16(13(2)10-12)24-18-17(21)19(23-11-22-18)25-26-20(27)14-5-7-15(28-3)8-6-14/h4-11H,21H2,1-3H3,(H,26,27)(H2,22,23,24,25). The van der Waals surface area contributed by atoms with E-state index >= 15 is 0 Å². The molecular formula is C20H22N6O2. The van der Waals surface area contributed by atoms with Crippen LogP contribution in [-0.2, 0) is 0 Å². The van der Waals surface area contributed by atoms with E-state index in [0.29, 0.717) is 22.9 Å². The van der Waals surface area contributed by atoms with Crippen molar-refractivity contribution in [1.29, 1.82) is 0 Å². The number of hydrazine groups is 1. The van der Waals surface area contributed by atoms with Gasteiger partial charge in [-0.15, -0.1) is 0 Å². The highest BCUT2D eigenvalue weighted by Crippen LogP contribution is 2.27. The molecule has 28 heavy (non-hydrogen) atoms. The number of methoxy groups -OCH3 is 1. The lowest BCUT2D eigenvalue weighted by molar-refractivity contribution is 0.0962. The molecule has 0 aliphatic heterocycles. The molecule has 144 valence electrons. The third kappa shape index (κ3) is 4.29. The summed E-state index contributed by atoms with van der Waals surface area (Å²) in [5.74, 6) is 1.09. The molecule has 1 amide bonds. The number of amides is 1. The first kappa shape index (κ1) is 19.0. The first-order chi connectivity index (χ1) is 13.5. The molecule has 8 nitrogen and oxygen atoms in total. The van der Waals surface area contributed by atoms with Gasteiger partial charge in [-0.2, -0.15) is 0 Å². The largest absolute Gasteiger partial charge is 0.497 e. The van der Waals surface area contributed by atoms with Crippen molar-refractivity contribution < 1.29 is 9.53 Å². The number of hydrogen-bond acceptors (Lipinski definition) is 7. The Labute approximate surface area is 163 Å². The third-order valence-electron chi connectivity index (χ3n) is 4.17. The molecule has 0 spiro atoms. The summed E-state index contributed by atoms with van der Waals surface area (Å²) in [5.41, 5.74) is 15.4. The minimum atomic E-state index is -0.329. The fraction of sp³-hybridized carbons (Fsp3) is 0.150. The monoisotopic (exact) mass is 378 g/mol. The van der Waals surface area contributed by atoms with Gasteiger partial charge in [-0.3, -0.25) is 15.6 Å². The van der Waals surface area contributed by atoms with Crippen molar-refractivity contribution in [2.45, 2.75) is 13.8 Å². The summed E-state index contributed by atoms with van der Waals surface area (Å²) < 4.78 is 5.08. The van der Waals surface area contributed by atoms with Crippen LogP contribution in [0.3, 0.4) is 0 Å². The van der Waals surface area contributed by atoms with Crippen molar-refractivity contribution in [3.8, 4) is 5.75 Å². The number of carbonyl (C=O) groups is 1. The van der Waals surface area contributed by atoms with Gasteiger partial charge < -0.3 is 15.8 Å². The molecular weight excluding hydrogens is 356 g/mol. The van der Waals surface area contributed by atoms with Crippen molar-refractivity contribution >= 4 is 28.9 Å². The highest BCUT2D eigenvalue weighted by Gasteiger charge is 2.11. The summed E-state index contributed by atoms with van der Waals surface area (Å²) in [7, 11) is 1.57. The van der Waals surface area contributed by atoms with Crippen LogP contribution in [0.1, 0.15) is 21.5 Å². The van der Waals surface area contributed by atoms with Crippen LogP contribution >= 0.6 is 0 Å². The lowest BCUT2D eigenvalue weighted by atomic mass is 10.1. The molecule has 3 aromatic rings. The van der Waals surface area contributed by atoms with Crippen LogP contribution < -0.4 is 26.6 Å². The number of aryl methyl sites for hydroxylation is 2. The first-order valence-electron chi connectivity index (χ1n) is 8.63. The van der Waals surface area contributed by atoms with Gasteiger partial charge in [0.1, 0.15) is 17.8 Å². The fourth-order valence-corrected chi connectivity index (χ4v) is 2.61. The minimum absolute atomic E-state index is 0.289. The number of carbonyl (C=O) groups excluding carboxylic acids is 1. The van der Waals surface area contributed by atoms with Crippen LogP contribution in [0.15, 0.2) is 48.8 Å². The smallest absolute Gasteiger partial charge is 0.269 e. The Morgan fingerprint density at radius 2 is 1.75 bits per heavy atom. The number of nitrogens with zero attached hydrogens (tertiary/aromatic N) is 2. The van der Waals surface area contributed by atoms with Crippen molar-refractivity contribution in [2.24, 2.45) is 0 Å². The van der Waals surface area contributed by atoms with Gasteiger partial charge in [0.25, 0.3) is 5.91 Å². The molecule has 5 N–H and O–H groups in total. The van der Waals surface area contributed by atoms with E-state index in [0.717, 1.165) is 11.3 Å². The Balaban J connectivity index is 1.71. The zero-order valence-corrected chi connectivity index (χ0v) is 15.9. The quantitative estimate of drug-likeness (QED) is 0.487. The molecule has 0 aliphatic carbocycles.